The van der Waals surface area contributed by atoms with Crippen LogP contribution in [-0.2, 0) is 4.79 Å². The topological polar surface area (TPSA) is 96.3 Å². The Morgan fingerprint density at radius 1 is 1.41 bits per heavy atom. The molecule has 0 saturated heterocycles. The third-order valence-electron chi connectivity index (χ3n) is 3.15. The minimum absolute atomic E-state index is 0.0556. The predicted molar refractivity (Wildman–Crippen MR) is 87.4 cm³/mol. The molecular weight excluding hydrogens is 308 g/mol. The van der Waals surface area contributed by atoms with Gasteiger partial charge >= 0.3 is 0 Å². The third-order valence-corrected chi connectivity index (χ3v) is 3.46. The molecule has 0 aromatic heterocycles. The monoisotopic (exact) mass is 328 g/mol. The van der Waals surface area contributed by atoms with Gasteiger partial charge in [-0.3, -0.25) is 14.9 Å². The zero-order chi connectivity index (χ0) is 16.5. The van der Waals surface area contributed by atoms with Crippen LogP contribution in [0.3, 0.4) is 0 Å². The smallest absolute Gasteiger partial charge is 0.271 e. The van der Waals surface area contributed by atoms with Gasteiger partial charge in [0.15, 0.2) is 0 Å². The maximum atomic E-state index is 11.6. The van der Waals surface area contributed by atoms with Gasteiger partial charge in [0.25, 0.3) is 5.69 Å². The number of nitro groups is 1. The van der Waals surface area contributed by atoms with Crippen molar-refractivity contribution in [3.63, 3.8) is 0 Å². The lowest BCUT2D eigenvalue weighted by atomic mass is 10.2. The molecule has 0 saturated carbocycles. The Hall–Kier alpha value is -1.86. The molecule has 8 heteroatoms. The van der Waals surface area contributed by atoms with E-state index in [4.69, 9.17) is 11.6 Å². The highest BCUT2D eigenvalue weighted by Gasteiger charge is 2.09. The van der Waals surface area contributed by atoms with Crippen molar-refractivity contribution in [2.75, 3.05) is 25.0 Å². The number of hydrogen-bond acceptors (Lipinski definition) is 5. The van der Waals surface area contributed by atoms with Crippen LogP contribution in [0.15, 0.2) is 18.2 Å². The van der Waals surface area contributed by atoms with E-state index in [-0.39, 0.29) is 23.2 Å². The highest BCUT2D eigenvalue weighted by Crippen LogP contribution is 2.26. The van der Waals surface area contributed by atoms with Crippen molar-refractivity contribution in [3.05, 3.63) is 33.3 Å². The molecule has 0 fully saturated rings. The van der Waals surface area contributed by atoms with E-state index in [1.165, 1.54) is 12.1 Å². The highest BCUT2D eigenvalue weighted by atomic mass is 35.5. The minimum Gasteiger partial charge on any atom is -0.382 e. The number of nitrogens with one attached hydrogen (secondary N) is 3. The molecule has 1 rings (SSSR count). The first kappa shape index (κ1) is 18.2. The fourth-order valence-corrected chi connectivity index (χ4v) is 1.88. The zero-order valence-electron chi connectivity index (χ0n) is 12.7. The summed E-state index contributed by atoms with van der Waals surface area (Å²) in [6.45, 7) is 5.27. The van der Waals surface area contributed by atoms with Crippen molar-refractivity contribution in [1.29, 1.82) is 0 Å². The Morgan fingerprint density at radius 2 is 2.14 bits per heavy atom. The van der Waals surface area contributed by atoms with Crippen LogP contribution in [0.5, 0.6) is 0 Å². The molecule has 0 unspecified atom stereocenters. The number of rotatable bonds is 9. The molecule has 0 aliphatic carbocycles. The van der Waals surface area contributed by atoms with Crippen LogP contribution in [0.25, 0.3) is 0 Å². The Labute approximate surface area is 134 Å². The second kappa shape index (κ2) is 9.22. The number of nitrogens with zero attached hydrogens (tertiary/aromatic N) is 1. The van der Waals surface area contributed by atoms with Gasteiger partial charge in [-0.15, -0.1) is 0 Å². The maximum Gasteiger partial charge on any atom is 0.271 e. The Balaban J connectivity index is 2.30. The van der Waals surface area contributed by atoms with Crippen LogP contribution in [-0.4, -0.2) is 36.5 Å². The fraction of sp³-hybridized carbons (Fsp3) is 0.500. The number of halogens is 1. The van der Waals surface area contributed by atoms with Gasteiger partial charge < -0.3 is 16.0 Å². The Kier molecular flexibility index (Phi) is 7.62. The Morgan fingerprint density at radius 3 is 2.73 bits per heavy atom. The second-order valence-corrected chi connectivity index (χ2v) is 5.30. The predicted octanol–water partition coefficient (Wildman–Crippen LogP) is 2.16. The summed E-state index contributed by atoms with van der Waals surface area (Å²) < 4.78 is 0. The number of nitro benzene ring substituents is 1. The van der Waals surface area contributed by atoms with Crippen molar-refractivity contribution in [2.45, 2.75) is 26.3 Å². The molecule has 0 aliphatic rings. The van der Waals surface area contributed by atoms with Gasteiger partial charge in [0.2, 0.25) is 5.91 Å². The molecule has 0 bridgehead atoms. The summed E-state index contributed by atoms with van der Waals surface area (Å²) in [7, 11) is 0. The number of benzene rings is 1. The molecule has 0 spiro atoms. The van der Waals surface area contributed by atoms with E-state index in [1.54, 1.807) is 6.07 Å². The molecule has 1 atom stereocenters. The summed E-state index contributed by atoms with van der Waals surface area (Å²) in [4.78, 5) is 21.7. The molecule has 22 heavy (non-hydrogen) atoms. The van der Waals surface area contributed by atoms with Crippen molar-refractivity contribution in [2.24, 2.45) is 0 Å². The van der Waals surface area contributed by atoms with Gasteiger partial charge in [-0.1, -0.05) is 18.5 Å². The van der Waals surface area contributed by atoms with E-state index in [0.29, 0.717) is 24.8 Å². The molecule has 0 aliphatic heterocycles. The summed E-state index contributed by atoms with van der Waals surface area (Å²) in [5, 5.41) is 19.8. The number of hydrogen-bond donors (Lipinski definition) is 3. The molecule has 3 N–H and O–H groups in total. The molecule has 1 amide bonds. The first-order valence-corrected chi connectivity index (χ1v) is 7.49. The van der Waals surface area contributed by atoms with E-state index in [1.807, 2.05) is 13.8 Å². The van der Waals surface area contributed by atoms with Crippen LogP contribution in [0.2, 0.25) is 5.02 Å². The average Bonchev–Trinajstić information content (AvgIpc) is 2.50. The number of carbonyl (C=O) groups excluding carboxylic acids is 1. The number of carbonyl (C=O) groups is 1. The van der Waals surface area contributed by atoms with Crippen LogP contribution < -0.4 is 16.0 Å². The van der Waals surface area contributed by atoms with Gasteiger partial charge in [-0.05, 0) is 19.4 Å². The van der Waals surface area contributed by atoms with Crippen molar-refractivity contribution in [3.8, 4) is 0 Å². The van der Waals surface area contributed by atoms with Crippen LogP contribution in [0.1, 0.15) is 20.3 Å². The summed E-state index contributed by atoms with van der Waals surface area (Å²) in [5.41, 5.74) is 0.541. The second-order valence-electron chi connectivity index (χ2n) is 4.89. The molecule has 122 valence electrons. The van der Waals surface area contributed by atoms with E-state index in [9.17, 15) is 14.9 Å². The largest absolute Gasteiger partial charge is 0.382 e. The minimum atomic E-state index is -0.500. The standard InChI is InChI=1S/C14H21ClN4O3/c1-3-10(2)18-9-14(20)17-7-6-16-13-5-4-11(19(21)22)8-12(13)15/h4-5,8,10,16,18H,3,6-7,9H2,1-2H3,(H,17,20)/t10-/m1/s1. The lowest BCUT2D eigenvalue weighted by molar-refractivity contribution is -0.384. The van der Waals surface area contributed by atoms with Crippen LogP contribution >= 0.6 is 11.6 Å². The lowest BCUT2D eigenvalue weighted by Gasteiger charge is -2.12. The average molecular weight is 329 g/mol. The van der Waals surface area contributed by atoms with Gasteiger partial charge in [0, 0.05) is 31.3 Å². The highest BCUT2D eigenvalue weighted by molar-refractivity contribution is 6.33. The summed E-state index contributed by atoms with van der Waals surface area (Å²) in [5.74, 6) is -0.0723. The van der Waals surface area contributed by atoms with Crippen LogP contribution in [0.4, 0.5) is 11.4 Å². The lowest BCUT2D eigenvalue weighted by Crippen LogP contribution is -2.39. The number of amides is 1. The summed E-state index contributed by atoms with van der Waals surface area (Å²) in [6.07, 6.45) is 0.966. The van der Waals surface area contributed by atoms with Gasteiger partial charge in [0.1, 0.15) is 0 Å². The van der Waals surface area contributed by atoms with Gasteiger partial charge in [-0.25, -0.2) is 0 Å². The normalized spacial score (nSPS) is 11.8. The van der Waals surface area contributed by atoms with Crippen molar-refractivity contribution >= 4 is 28.9 Å². The van der Waals surface area contributed by atoms with Crippen molar-refractivity contribution in [1.82, 2.24) is 10.6 Å². The first-order valence-electron chi connectivity index (χ1n) is 7.12. The molecule has 1 aromatic rings. The molecule has 1 aromatic carbocycles. The van der Waals surface area contributed by atoms with Gasteiger partial charge in [-0.2, -0.15) is 0 Å². The van der Waals surface area contributed by atoms with E-state index >= 15 is 0 Å². The summed E-state index contributed by atoms with van der Waals surface area (Å²) in [6, 6.07) is 4.52. The fourth-order valence-electron chi connectivity index (χ4n) is 1.63. The number of anilines is 1. The molecule has 0 radical (unpaired) electrons. The van der Waals surface area contributed by atoms with Gasteiger partial charge in [0.05, 0.1) is 22.2 Å². The van der Waals surface area contributed by atoms with Crippen LogP contribution in [0, 0.1) is 10.1 Å². The quantitative estimate of drug-likeness (QED) is 0.367. The summed E-state index contributed by atoms with van der Waals surface area (Å²) >= 11 is 5.95. The maximum absolute atomic E-state index is 11.6. The van der Waals surface area contributed by atoms with E-state index in [2.05, 4.69) is 16.0 Å². The van der Waals surface area contributed by atoms with E-state index < -0.39 is 4.92 Å². The molecule has 0 heterocycles. The first-order chi connectivity index (χ1) is 10.4. The Bertz CT molecular complexity index is 525. The zero-order valence-corrected chi connectivity index (χ0v) is 13.4. The van der Waals surface area contributed by atoms with Crippen molar-refractivity contribution < 1.29 is 9.72 Å². The third kappa shape index (κ3) is 6.28. The number of non-ortho nitro benzene ring substituents is 1. The SMILES string of the molecule is CC[C@@H](C)NCC(=O)NCCNc1ccc([N+](=O)[O-])cc1Cl. The molecule has 7 nitrogen and oxygen atoms in total. The molecular formula is C14H21ClN4O3. The van der Waals surface area contributed by atoms with E-state index in [0.717, 1.165) is 6.42 Å².